The molecule has 0 radical (unpaired) electrons. The van der Waals surface area contributed by atoms with Crippen LogP contribution in [0.15, 0.2) is 23.3 Å². The van der Waals surface area contributed by atoms with Crippen LogP contribution in [-0.4, -0.2) is 25.4 Å². The molecule has 1 atom stereocenters. The third kappa shape index (κ3) is 1.78. The molecule has 0 aliphatic heterocycles. The monoisotopic (exact) mass is 207 g/mol. The number of rotatable bonds is 2. The summed E-state index contributed by atoms with van der Waals surface area (Å²) in [4.78, 5) is 11.9. The molecule has 2 aromatic heterocycles. The third-order valence-corrected chi connectivity index (χ3v) is 2.19. The highest BCUT2D eigenvalue weighted by atomic mass is 16.3. The normalized spacial score (nSPS) is 13.3. The molecular weight excluding hydrogens is 194 g/mol. The van der Waals surface area contributed by atoms with E-state index in [1.54, 1.807) is 29.9 Å². The molecule has 5 nitrogen and oxygen atoms in total. The molecule has 2 aromatic rings. The highest BCUT2D eigenvalue weighted by Gasteiger charge is 2.06. The van der Waals surface area contributed by atoms with Crippen LogP contribution < -0.4 is 5.56 Å². The van der Waals surface area contributed by atoms with E-state index in [1.165, 1.54) is 4.57 Å². The second kappa shape index (κ2) is 3.51. The Labute approximate surface area is 86.6 Å². The fourth-order valence-electron chi connectivity index (χ4n) is 1.58. The summed E-state index contributed by atoms with van der Waals surface area (Å²) in [6.45, 7) is 3.79. The molecule has 0 spiro atoms. The van der Waals surface area contributed by atoms with Gasteiger partial charge in [0, 0.05) is 12.4 Å². The van der Waals surface area contributed by atoms with E-state index < -0.39 is 6.10 Å². The van der Waals surface area contributed by atoms with Crippen molar-refractivity contribution in [1.29, 1.82) is 0 Å². The van der Waals surface area contributed by atoms with Gasteiger partial charge in [-0.1, -0.05) is 0 Å². The predicted octanol–water partition coefficient (Wildman–Crippen LogP) is 0.185. The number of aliphatic hydroxyl groups excluding tert-OH is 1. The lowest BCUT2D eigenvalue weighted by Crippen LogP contribution is -2.25. The summed E-state index contributed by atoms with van der Waals surface area (Å²) >= 11 is 0. The number of fused-ring (bicyclic) bond motifs is 1. The van der Waals surface area contributed by atoms with Crippen molar-refractivity contribution in [2.75, 3.05) is 0 Å². The van der Waals surface area contributed by atoms with E-state index in [1.807, 2.05) is 6.92 Å². The number of hydrogen-bond donors (Lipinski definition) is 1. The standard InChI is InChI=1S/C10H13N3O2/c1-7-5-9-10(15)12(6-8(2)14)3-4-13(9)11-7/h3-5,8,14H,6H2,1-2H3/t8-/m0/s1. The summed E-state index contributed by atoms with van der Waals surface area (Å²) in [6.07, 6.45) is 2.81. The molecular formula is C10H13N3O2. The summed E-state index contributed by atoms with van der Waals surface area (Å²) in [7, 11) is 0. The van der Waals surface area contributed by atoms with Crippen molar-refractivity contribution in [3.05, 3.63) is 34.5 Å². The molecule has 0 aromatic carbocycles. The number of aromatic nitrogens is 3. The molecule has 80 valence electrons. The molecule has 2 rings (SSSR count). The highest BCUT2D eigenvalue weighted by Crippen LogP contribution is 2.00. The van der Waals surface area contributed by atoms with E-state index >= 15 is 0 Å². The molecule has 0 aliphatic rings. The Morgan fingerprint density at radius 3 is 2.93 bits per heavy atom. The molecule has 0 unspecified atom stereocenters. The van der Waals surface area contributed by atoms with Crippen LogP contribution in [0.25, 0.3) is 5.52 Å². The number of nitrogens with zero attached hydrogens (tertiary/aromatic N) is 3. The Morgan fingerprint density at radius 2 is 2.27 bits per heavy atom. The summed E-state index contributed by atoms with van der Waals surface area (Å²) in [5.74, 6) is 0. The lowest BCUT2D eigenvalue weighted by Gasteiger charge is -2.07. The molecule has 0 aliphatic carbocycles. The molecule has 1 N–H and O–H groups in total. The van der Waals surface area contributed by atoms with Gasteiger partial charge in [0.15, 0.2) is 0 Å². The first kappa shape index (κ1) is 9.92. The zero-order valence-electron chi connectivity index (χ0n) is 8.71. The van der Waals surface area contributed by atoms with Gasteiger partial charge in [0.25, 0.3) is 5.56 Å². The van der Waals surface area contributed by atoms with Gasteiger partial charge in [-0.15, -0.1) is 0 Å². The maximum Gasteiger partial charge on any atom is 0.276 e. The van der Waals surface area contributed by atoms with Crippen molar-refractivity contribution in [3.63, 3.8) is 0 Å². The zero-order chi connectivity index (χ0) is 11.0. The summed E-state index contributed by atoms with van der Waals surface area (Å²) in [5, 5.41) is 13.4. The van der Waals surface area contributed by atoms with Crippen molar-refractivity contribution in [2.24, 2.45) is 0 Å². The largest absolute Gasteiger partial charge is 0.392 e. The van der Waals surface area contributed by atoms with Crippen LogP contribution in [0.3, 0.4) is 0 Å². The first-order valence-corrected chi connectivity index (χ1v) is 4.81. The highest BCUT2D eigenvalue weighted by molar-refractivity contribution is 5.44. The van der Waals surface area contributed by atoms with E-state index in [0.717, 1.165) is 5.69 Å². The van der Waals surface area contributed by atoms with Crippen LogP contribution >= 0.6 is 0 Å². The first-order chi connectivity index (χ1) is 7.08. The minimum atomic E-state index is -0.533. The summed E-state index contributed by atoms with van der Waals surface area (Å²) in [6, 6.07) is 1.74. The van der Waals surface area contributed by atoms with Crippen molar-refractivity contribution in [1.82, 2.24) is 14.2 Å². The molecule has 0 bridgehead atoms. The number of aryl methyl sites for hydroxylation is 1. The van der Waals surface area contributed by atoms with E-state index in [0.29, 0.717) is 12.1 Å². The van der Waals surface area contributed by atoms with E-state index in [-0.39, 0.29) is 5.56 Å². The van der Waals surface area contributed by atoms with Crippen molar-refractivity contribution < 1.29 is 5.11 Å². The van der Waals surface area contributed by atoms with E-state index in [2.05, 4.69) is 5.10 Å². The Kier molecular flexibility index (Phi) is 2.32. The van der Waals surface area contributed by atoms with Crippen LogP contribution in [0.4, 0.5) is 0 Å². The smallest absolute Gasteiger partial charge is 0.276 e. The van der Waals surface area contributed by atoms with E-state index in [9.17, 15) is 9.90 Å². The van der Waals surface area contributed by atoms with Gasteiger partial charge in [-0.05, 0) is 19.9 Å². The average Bonchev–Trinajstić information content (AvgIpc) is 2.51. The maximum atomic E-state index is 11.9. The minimum Gasteiger partial charge on any atom is -0.392 e. The lowest BCUT2D eigenvalue weighted by atomic mass is 10.4. The van der Waals surface area contributed by atoms with Gasteiger partial charge in [0.2, 0.25) is 0 Å². The second-order valence-corrected chi connectivity index (χ2v) is 3.72. The van der Waals surface area contributed by atoms with Crippen LogP contribution in [0.2, 0.25) is 0 Å². The average molecular weight is 207 g/mol. The van der Waals surface area contributed by atoms with Gasteiger partial charge in [-0.25, -0.2) is 4.52 Å². The molecule has 15 heavy (non-hydrogen) atoms. The first-order valence-electron chi connectivity index (χ1n) is 4.81. The lowest BCUT2D eigenvalue weighted by molar-refractivity contribution is 0.172. The van der Waals surface area contributed by atoms with Crippen LogP contribution in [0, 0.1) is 6.92 Å². The molecule has 0 amide bonds. The van der Waals surface area contributed by atoms with E-state index in [4.69, 9.17) is 0 Å². The van der Waals surface area contributed by atoms with Gasteiger partial charge in [-0.3, -0.25) is 4.79 Å². The Hall–Kier alpha value is -1.62. The Balaban J connectivity index is 2.59. The van der Waals surface area contributed by atoms with Gasteiger partial charge >= 0.3 is 0 Å². The molecule has 2 heterocycles. The molecule has 0 saturated carbocycles. The Bertz CT molecular complexity index is 539. The van der Waals surface area contributed by atoms with Gasteiger partial charge in [0.1, 0.15) is 5.52 Å². The quantitative estimate of drug-likeness (QED) is 0.764. The fourth-order valence-corrected chi connectivity index (χ4v) is 1.58. The number of aliphatic hydroxyl groups is 1. The van der Waals surface area contributed by atoms with Crippen molar-refractivity contribution >= 4 is 5.52 Å². The van der Waals surface area contributed by atoms with Crippen molar-refractivity contribution in [3.8, 4) is 0 Å². The minimum absolute atomic E-state index is 0.126. The van der Waals surface area contributed by atoms with Crippen LogP contribution in [0.5, 0.6) is 0 Å². The molecule has 5 heteroatoms. The van der Waals surface area contributed by atoms with Crippen LogP contribution in [-0.2, 0) is 6.54 Å². The van der Waals surface area contributed by atoms with Gasteiger partial charge < -0.3 is 9.67 Å². The molecule has 0 fully saturated rings. The Morgan fingerprint density at radius 1 is 1.53 bits per heavy atom. The zero-order valence-corrected chi connectivity index (χ0v) is 8.71. The third-order valence-electron chi connectivity index (χ3n) is 2.19. The second-order valence-electron chi connectivity index (χ2n) is 3.72. The van der Waals surface area contributed by atoms with Gasteiger partial charge in [-0.2, -0.15) is 5.10 Å². The fraction of sp³-hybridized carbons (Fsp3) is 0.400. The molecule has 0 saturated heterocycles. The summed E-state index contributed by atoms with van der Waals surface area (Å²) < 4.78 is 3.04. The maximum absolute atomic E-state index is 11.9. The number of hydrogen-bond acceptors (Lipinski definition) is 3. The van der Waals surface area contributed by atoms with Crippen molar-refractivity contribution in [2.45, 2.75) is 26.5 Å². The predicted molar refractivity (Wildman–Crippen MR) is 55.9 cm³/mol. The van der Waals surface area contributed by atoms with Crippen LogP contribution in [0.1, 0.15) is 12.6 Å². The SMILES string of the molecule is Cc1cc2c(=O)n(C[C@H](C)O)ccn2n1. The topological polar surface area (TPSA) is 59.5 Å². The summed E-state index contributed by atoms with van der Waals surface area (Å²) in [5.41, 5.74) is 1.22. The van der Waals surface area contributed by atoms with Gasteiger partial charge in [0.05, 0.1) is 18.3 Å².